The average molecular weight is 250 g/mol. The highest BCUT2D eigenvalue weighted by Crippen LogP contribution is 2.20. The lowest BCUT2D eigenvalue weighted by molar-refractivity contribution is 0.730. The molecule has 1 aliphatic rings. The lowest BCUT2D eigenvalue weighted by Crippen LogP contribution is -2.17. The first-order valence-electron chi connectivity index (χ1n) is 5.63. The van der Waals surface area contributed by atoms with Crippen molar-refractivity contribution in [3.63, 3.8) is 0 Å². The Morgan fingerprint density at radius 2 is 2.35 bits per heavy atom. The minimum Gasteiger partial charge on any atom is -0.316 e. The van der Waals surface area contributed by atoms with E-state index < -0.39 is 0 Å². The van der Waals surface area contributed by atoms with Gasteiger partial charge in [0.15, 0.2) is 0 Å². The summed E-state index contributed by atoms with van der Waals surface area (Å²) in [6.07, 6.45) is 2.69. The van der Waals surface area contributed by atoms with Crippen molar-refractivity contribution in [1.29, 1.82) is 0 Å². The molecule has 0 saturated carbocycles. The topological polar surface area (TPSA) is 46.4 Å². The number of hydrogen-bond donors (Lipinski definition) is 1. The number of halogens is 1. The molecule has 1 unspecified atom stereocenters. The number of aromatic nitrogens is 2. The summed E-state index contributed by atoms with van der Waals surface area (Å²) in [6, 6.07) is 5.03. The zero-order chi connectivity index (χ0) is 11.8. The molecule has 88 valence electrons. The summed E-state index contributed by atoms with van der Waals surface area (Å²) in [4.78, 5) is 16.4. The molecule has 2 aromatic heterocycles. The molecule has 2 aromatic rings. The standard InChI is InChI=1S/C12H12ClN3O/c13-9-2-4-16-11(5-9)15-10(6-12(16)17)8-1-3-14-7-8/h2,4-6,8,14H,1,3,7H2. The number of fused-ring (bicyclic) bond motifs is 1. The van der Waals surface area contributed by atoms with Crippen molar-refractivity contribution in [2.45, 2.75) is 12.3 Å². The average Bonchev–Trinajstić information content (AvgIpc) is 2.81. The minimum atomic E-state index is -0.0476. The summed E-state index contributed by atoms with van der Waals surface area (Å²) in [7, 11) is 0. The van der Waals surface area contributed by atoms with Gasteiger partial charge in [-0.3, -0.25) is 9.20 Å². The molecule has 0 spiro atoms. The summed E-state index contributed by atoms with van der Waals surface area (Å²) in [5.41, 5.74) is 1.43. The van der Waals surface area contributed by atoms with Crippen LogP contribution in [0.1, 0.15) is 18.0 Å². The van der Waals surface area contributed by atoms with Crippen LogP contribution in [0.5, 0.6) is 0 Å². The fraction of sp³-hybridized carbons (Fsp3) is 0.333. The molecule has 3 heterocycles. The number of rotatable bonds is 1. The molecule has 1 saturated heterocycles. The normalized spacial score (nSPS) is 19.9. The zero-order valence-electron chi connectivity index (χ0n) is 9.19. The van der Waals surface area contributed by atoms with E-state index >= 15 is 0 Å². The first-order valence-corrected chi connectivity index (χ1v) is 6.01. The molecule has 4 nitrogen and oxygen atoms in total. The Kier molecular flexibility index (Phi) is 2.61. The molecule has 0 aliphatic carbocycles. The van der Waals surface area contributed by atoms with Gasteiger partial charge in [-0.05, 0) is 19.0 Å². The van der Waals surface area contributed by atoms with Crippen molar-refractivity contribution in [2.24, 2.45) is 0 Å². The summed E-state index contributed by atoms with van der Waals surface area (Å²) in [6.45, 7) is 1.88. The highest BCUT2D eigenvalue weighted by Gasteiger charge is 2.19. The lowest BCUT2D eigenvalue weighted by atomic mass is 10.1. The smallest absolute Gasteiger partial charge is 0.258 e. The number of hydrogen-bond acceptors (Lipinski definition) is 3. The van der Waals surface area contributed by atoms with Crippen molar-refractivity contribution < 1.29 is 0 Å². The fourth-order valence-electron chi connectivity index (χ4n) is 2.21. The first-order chi connectivity index (χ1) is 8.24. The van der Waals surface area contributed by atoms with Gasteiger partial charge in [-0.1, -0.05) is 11.6 Å². The molecule has 0 radical (unpaired) electrons. The van der Waals surface area contributed by atoms with Crippen LogP contribution < -0.4 is 10.9 Å². The van der Waals surface area contributed by atoms with E-state index in [9.17, 15) is 4.79 Å². The monoisotopic (exact) mass is 249 g/mol. The van der Waals surface area contributed by atoms with Crippen molar-refractivity contribution in [3.05, 3.63) is 45.5 Å². The molecule has 5 heteroatoms. The van der Waals surface area contributed by atoms with Gasteiger partial charge in [0.1, 0.15) is 5.65 Å². The highest BCUT2D eigenvalue weighted by atomic mass is 35.5. The predicted octanol–water partition coefficient (Wildman–Crippen LogP) is 1.42. The van der Waals surface area contributed by atoms with Gasteiger partial charge in [0.2, 0.25) is 0 Å². The van der Waals surface area contributed by atoms with E-state index in [1.165, 1.54) is 4.40 Å². The molecule has 1 N–H and O–H groups in total. The number of nitrogens with one attached hydrogen (secondary N) is 1. The van der Waals surface area contributed by atoms with Crippen LogP contribution >= 0.6 is 11.6 Å². The van der Waals surface area contributed by atoms with Crippen molar-refractivity contribution in [2.75, 3.05) is 13.1 Å². The van der Waals surface area contributed by atoms with Gasteiger partial charge in [0.05, 0.1) is 5.69 Å². The number of nitrogens with zero attached hydrogens (tertiary/aromatic N) is 2. The first kappa shape index (κ1) is 10.7. The SMILES string of the molecule is O=c1cc(C2CCNC2)nc2cc(Cl)ccn12. The summed E-state index contributed by atoms with van der Waals surface area (Å²) in [5.74, 6) is 0.340. The number of pyridine rings is 1. The Morgan fingerprint density at radius 3 is 3.12 bits per heavy atom. The maximum atomic E-state index is 11.9. The zero-order valence-corrected chi connectivity index (χ0v) is 9.94. The van der Waals surface area contributed by atoms with E-state index in [0.717, 1.165) is 25.2 Å². The summed E-state index contributed by atoms with van der Waals surface area (Å²) in [5, 5.41) is 3.87. The van der Waals surface area contributed by atoms with E-state index in [0.29, 0.717) is 16.6 Å². The van der Waals surface area contributed by atoms with Crippen LogP contribution in [0.25, 0.3) is 5.65 Å². The second kappa shape index (κ2) is 4.13. The quantitative estimate of drug-likeness (QED) is 0.832. The van der Waals surface area contributed by atoms with Crippen LogP contribution in [0.15, 0.2) is 29.2 Å². The van der Waals surface area contributed by atoms with Gasteiger partial charge in [-0.15, -0.1) is 0 Å². The van der Waals surface area contributed by atoms with E-state index in [1.54, 1.807) is 24.4 Å². The van der Waals surface area contributed by atoms with E-state index in [4.69, 9.17) is 11.6 Å². The molecular weight excluding hydrogens is 238 g/mol. The van der Waals surface area contributed by atoms with Gasteiger partial charge >= 0.3 is 0 Å². The lowest BCUT2D eigenvalue weighted by Gasteiger charge is -2.09. The Hall–Kier alpha value is -1.39. The molecule has 17 heavy (non-hydrogen) atoms. The van der Waals surface area contributed by atoms with Crippen molar-refractivity contribution in [3.8, 4) is 0 Å². The second-order valence-corrected chi connectivity index (χ2v) is 4.72. The van der Waals surface area contributed by atoms with Gasteiger partial charge in [-0.2, -0.15) is 0 Å². The van der Waals surface area contributed by atoms with Crippen LogP contribution in [0.3, 0.4) is 0 Å². The third-order valence-electron chi connectivity index (χ3n) is 3.13. The van der Waals surface area contributed by atoms with Crippen LogP contribution in [-0.4, -0.2) is 22.5 Å². The second-order valence-electron chi connectivity index (χ2n) is 4.28. The summed E-state index contributed by atoms with van der Waals surface area (Å²) < 4.78 is 1.51. The highest BCUT2D eigenvalue weighted by molar-refractivity contribution is 6.30. The third kappa shape index (κ3) is 1.94. The van der Waals surface area contributed by atoms with E-state index in [2.05, 4.69) is 10.3 Å². The third-order valence-corrected chi connectivity index (χ3v) is 3.36. The Morgan fingerprint density at radius 1 is 1.47 bits per heavy atom. The van der Waals surface area contributed by atoms with E-state index in [1.807, 2.05) is 0 Å². The van der Waals surface area contributed by atoms with Crippen LogP contribution in [0, 0.1) is 0 Å². The maximum absolute atomic E-state index is 11.9. The van der Waals surface area contributed by atoms with Gasteiger partial charge < -0.3 is 5.32 Å². The van der Waals surface area contributed by atoms with Gasteiger partial charge in [0, 0.05) is 35.8 Å². The molecule has 1 atom stereocenters. The molecule has 1 fully saturated rings. The maximum Gasteiger partial charge on any atom is 0.258 e. The Bertz CT molecular complexity index is 617. The molecule has 1 aliphatic heterocycles. The van der Waals surface area contributed by atoms with Crippen molar-refractivity contribution >= 4 is 17.2 Å². The molecule has 0 aromatic carbocycles. The minimum absolute atomic E-state index is 0.0476. The summed E-state index contributed by atoms with van der Waals surface area (Å²) >= 11 is 5.92. The Labute approximate surface area is 103 Å². The van der Waals surface area contributed by atoms with Crippen LogP contribution in [0.2, 0.25) is 5.02 Å². The van der Waals surface area contributed by atoms with Crippen LogP contribution in [-0.2, 0) is 0 Å². The molecule has 0 bridgehead atoms. The van der Waals surface area contributed by atoms with Gasteiger partial charge in [0.25, 0.3) is 5.56 Å². The molecule has 3 rings (SSSR count). The Balaban J connectivity index is 2.18. The fourth-order valence-corrected chi connectivity index (χ4v) is 2.37. The van der Waals surface area contributed by atoms with E-state index in [-0.39, 0.29) is 5.56 Å². The van der Waals surface area contributed by atoms with Gasteiger partial charge in [-0.25, -0.2) is 4.98 Å². The van der Waals surface area contributed by atoms with Crippen LogP contribution in [0.4, 0.5) is 0 Å². The van der Waals surface area contributed by atoms with Crippen molar-refractivity contribution in [1.82, 2.24) is 14.7 Å². The predicted molar refractivity (Wildman–Crippen MR) is 66.7 cm³/mol. The molecule has 0 amide bonds. The largest absolute Gasteiger partial charge is 0.316 e. The molecular formula is C12H12ClN3O.